The maximum absolute atomic E-state index is 11.8. The molecule has 0 fully saturated rings. The Morgan fingerprint density at radius 1 is 1.30 bits per heavy atom. The van der Waals surface area contributed by atoms with E-state index < -0.39 is 0 Å². The molecule has 0 unspecified atom stereocenters. The van der Waals surface area contributed by atoms with E-state index in [1.807, 2.05) is 0 Å². The molecule has 0 atom stereocenters. The van der Waals surface area contributed by atoms with E-state index in [0.717, 1.165) is 5.75 Å². The normalized spacial score (nSPS) is 9.40. The molecule has 0 saturated heterocycles. The highest BCUT2D eigenvalue weighted by atomic mass is 19.1. The van der Waals surface area contributed by atoms with Crippen molar-refractivity contribution in [1.29, 1.82) is 0 Å². The highest BCUT2D eigenvalue weighted by molar-refractivity contribution is 5.29. The van der Waals surface area contributed by atoms with Crippen molar-refractivity contribution in [1.82, 2.24) is 0 Å². The molecule has 0 aliphatic rings. The standard InChI is InChI=1S/C8H8FO/c1-10-8-4-2-7(6-9)3-5-8/h2-6H,1H3. The molecule has 0 saturated carbocycles. The van der Waals surface area contributed by atoms with Gasteiger partial charge in [-0.05, 0) is 17.7 Å². The third-order valence-electron chi connectivity index (χ3n) is 1.24. The van der Waals surface area contributed by atoms with E-state index in [2.05, 4.69) is 0 Å². The zero-order valence-corrected chi connectivity index (χ0v) is 5.67. The first-order chi connectivity index (χ1) is 4.86. The van der Waals surface area contributed by atoms with Gasteiger partial charge >= 0.3 is 0 Å². The van der Waals surface area contributed by atoms with Gasteiger partial charge in [-0.15, -0.1) is 0 Å². The molecule has 0 aliphatic heterocycles. The van der Waals surface area contributed by atoms with Gasteiger partial charge < -0.3 is 4.74 Å². The topological polar surface area (TPSA) is 9.23 Å². The third kappa shape index (κ3) is 1.47. The van der Waals surface area contributed by atoms with Crippen molar-refractivity contribution in [2.75, 3.05) is 7.11 Å². The lowest BCUT2D eigenvalue weighted by molar-refractivity contribution is 0.414. The SMILES string of the molecule is COc1ccc([CH]F)cc1. The Kier molecular flexibility index (Phi) is 2.26. The van der Waals surface area contributed by atoms with Gasteiger partial charge in [-0.25, -0.2) is 4.39 Å². The molecular formula is C8H8FO. The number of halogens is 1. The summed E-state index contributed by atoms with van der Waals surface area (Å²) in [5.74, 6) is 0.741. The molecule has 1 nitrogen and oxygen atoms in total. The fourth-order valence-electron chi connectivity index (χ4n) is 0.677. The van der Waals surface area contributed by atoms with Gasteiger partial charge in [0.05, 0.1) is 7.11 Å². The molecule has 1 aromatic rings. The predicted octanol–water partition coefficient (Wildman–Crippen LogP) is 2.17. The van der Waals surface area contributed by atoms with Crippen LogP contribution in [-0.2, 0) is 0 Å². The first-order valence-electron chi connectivity index (χ1n) is 2.94. The number of rotatable bonds is 2. The summed E-state index contributed by atoms with van der Waals surface area (Å²) in [6.45, 7) is 0.555. The maximum Gasteiger partial charge on any atom is 0.160 e. The highest BCUT2D eigenvalue weighted by Crippen LogP contribution is 2.12. The fraction of sp³-hybridized carbons (Fsp3) is 0.125. The monoisotopic (exact) mass is 139 g/mol. The summed E-state index contributed by atoms with van der Waals surface area (Å²) in [6.07, 6.45) is 0. The van der Waals surface area contributed by atoms with Gasteiger partial charge in [-0.3, -0.25) is 0 Å². The van der Waals surface area contributed by atoms with Crippen molar-refractivity contribution in [3.05, 3.63) is 36.5 Å². The number of hydrogen-bond donors (Lipinski definition) is 0. The van der Waals surface area contributed by atoms with E-state index in [1.165, 1.54) is 0 Å². The van der Waals surface area contributed by atoms with Crippen molar-refractivity contribution >= 4 is 0 Å². The van der Waals surface area contributed by atoms with Crippen LogP contribution >= 0.6 is 0 Å². The summed E-state index contributed by atoms with van der Waals surface area (Å²) in [5, 5.41) is 0. The molecule has 0 spiro atoms. The molecule has 10 heavy (non-hydrogen) atoms. The number of ether oxygens (including phenoxy) is 1. The van der Waals surface area contributed by atoms with Crippen LogP contribution in [0.5, 0.6) is 5.75 Å². The zero-order valence-electron chi connectivity index (χ0n) is 5.67. The van der Waals surface area contributed by atoms with Gasteiger partial charge in [0, 0.05) is 0 Å². The van der Waals surface area contributed by atoms with Gasteiger partial charge in [0.15, 0.2) is 6.67 Å². The minimum Gasteiger partial charge on any atom is -0.497 e. The second-order valence-electron chi connectivity index (χ2n) is 1.88. The van der Waals surface area contributed by atoms with Crippen molar-refractivity contribution < 1.29 is 9.13 Å². The molecule has 53 valence electrons. The smallest absolute Gasteiger partial charge is 0.160 e. The number of benzene rings is 1. The molecule has 0 aromatic heterocycles. The second kappa shape index (κ2) is 3.20. The van der Waals surface area contributed by atoms with E-state index in [0.29, 0.717) is 12.2 Å². The lowest BCUT2D eigenvalue weighted by atomic mass is 10.2. The number of hydrogen-bond acceptors (Lipinski definition) is 1. The summed E-state index contributed by atoms with van der Waals surface area (Å²) in [5.41, 5.74) is 0.556. The molecule has 1 radical (unpaired) electrons. The van der Waals surface area contributed by atoms with Crippen LogP contribution in [0.3, 0.4) is 0 Å². The Balaban J connectivity index is 2.80. The Hall–Kier alpha value is -1.05. The van der Waals surface area contributed by atoms with E-state index >= 15 is 0 Å². The van der Waals surface area contributed by atoms with Crippen LogP contribution in [0, 0.1) is 6.67 Å². The second-order valence-corrected chi connectivity index (χ2v) is 1.88. The molecule has 0 amide bonds. The lowest BCUT2D eigenvalue weighted by Gasteiger charge is -1.97. The van der Waals surface area contributed by atoms with Crippen molar-refractivity contribution in [3.8, 4) is 5.75 Å². The van der Waals surface area contributed by atoms with Crippen LogP contribution < -0.4 is 4.74 Å². The van der Waals surface area contributed by atoms with Crippen LogP contribution in [-0.4, -0.2) is 7.11 Å². The largest absolute Gasteiger partial charge is 0.497 e. The predicted molar refractivity (Wildman–Crippen MR) is 37.5 cm³/mol. The average Bonchev–Trinajstić information content (AvgIpc) is 2.05. The summed E-state index contributed by atoms with van der Waals surface area (Å²) >= 11 is 0. The van der Waals surface area contributed by atoms with Crippen molar-refractivity contribution in [3.63, 3.8) is 0 Å². The van der Waals surface area contributed by atoms with E-state index in [9.17, 15) is 4.39 Å². The molecule has 0 N–H and O–H groups in total. The Morgan fingerprint density at radius 3 is 2.30 bits per heavy atom. The quantitative estimate of drug-likeness (QED) is 0.610. The fourth-order valence-corrected chi connectivity index (χ4v) is 0.677. The van der Waals surface area contributed by atoms with Crippen molar-refractivity contribution in [2.45, 2.75) is 0 Å². The lowest BCUT2D eigenvalue weighted by Crippen LogP contribution is -1.81. The van der Waals surface area contributed by atoms with E-state index in [1.54, 1.807) is 31.4 Å². The third-order valence-corrected chi connectivity index (χ3v) is 1.24. The van der Waals surface area contributed by atoms with Gasteiger partial charge in [0.25, 0.3) is 0 Å². The Bertz CT molecular complexity index is 170. The highest BCUT2D eigenvalue weighted by Gasteiger charge is 1.91. The van der Waals surface area contributed by atoms with E-state index in [4.69, 9.17) is 4.74 Å². The molecule has 0 heterocycles. The van der Waals surface area contributed by atoms with Crippen LogP contribution in [0.1, 0.15) is 5.56 Å². The van der Waals surface area contributed by atoms with Gasteiger partial charge in [0.2, 0.25) is 0 Å². The Labute approximate surface area is 59.4 Å². The Morgan fingerprint density at radius 2 is 1.90 bits per heavy atom. The van der Waals surface area contributed by atoms with Gasteiger partial charge in [0.1, 0.15) is 5.75 Å². The first-order valence-corrected chi connectivity index (χ1v) is 2.94. The van der Waals surface area contributed by atoms with Gasteiger partial charge in [-0.1, -0.05) is 12.1 Å². The van der Waals surface area contributed by atoms with Crippen molar-refractivity contribution in [2.24, 2.45) is 0 Å². The van der Waals surface area contributed by atoms with Gasteiger partial charge in [-0.2, -0.15) is 0 Å². The van der Waals surface area contributed by atoms with Crippen LogP contribution in [0.2, 0.25) is 0 Å². The van der Waals surface area contributed by atoms with Crippen LogP contribution in [0.15, 0.2) is 24.3 Å². The molecule has 1 aromatic carbocycles. The summed E-state index contributed by atoms with van der Waals surface area (Å²) in [6, 6.07) is 6.73. The average molecular weight is 139 g/mol. The molecule has 1 rings (SSSR count). The molecule has 2 heteroatoms. The summed E-state index contributed by atoms with van der Waals surface area (Å²) < 4.78 is 16.7. The maximum atomic E-state index is 11.8. The minimum absolute atomic E-state index is 0.555. The summed E-state index contributed by atoms with van der Waals surface area (Å²) in [7, 11) is 1.58. The zero-order chi connectivity index (χ0) is 7.40. The van der Waals surface area contributed by atoms with Crippen LogP contribution in [0.4, 0.5) is 4.39 Å². The molecular weight excluding hydrogens is 131 g/mol. The minimum atomic E-state index is 0.555. The number of methoxy groups -OCH3 is 1. The molecule has 0 bridgehead atoms. The first kappa shape index (κ1) is 7.06. The van der Waals surface area contributed by atoms with E-state index in [-0.39, 0.29) is 0 Å². The van der Waals surface area contributed by atoms with Crippen LogP contribution in [0.25, 0.3) is 0 Å². The summed E-state index contributed by atoms with van der Waals surface area (Å²) in [4.78, 5) is 0. The molecule has 0 aliphatic carbocycles.